The van der Waals surface area contributed by atoms with Crippen LogP contribution in [0.2, 0.25) is 0 Å². The van der Waals surface area contributed by atoms with Crippen molar-refractivity contribution in [2.24, 2.45) is 16.8 Å². The molecule has 1 atom stereocenters. The van der Waals surface area contributed by atoms with Gasteiger partial charge in [-0.25, -0.2) is 8.42 Å². The van der Waals surface area contributed by atoms with Crippen LogP contribution in [0.4, 0.5) is 0 Å². The molecule has 1 unspecified atom stereocenters. The number of benzene rings is 1. The molecule has 0 saturated carbocycles. The number of nitrogens with one attached hydrogen (secondary N) is 1. The number of sulfone groups is 1. The normalized spacial score (nSPS) is 13.8. The molecule has 0 aromatic heterocycles. The topological polar surface area (TPSA) is 122 Å². The Morgan fingerprint density at radius 3 is 2.70 bits per heavy atom. The van der Waals surface area contributed by atoms with Crippen LogP contribution in [-0.4, -0.2) is 38.2 Å². The molecule has 1 amide bonds. The average molecular weight is 299 g/mol. The van der Waals surface area contributed by atoms with Crippen LogP contribution in [0.15, 0.2) is 34.3 Å². The molecule has 110 valence electrons. The van der Waals surface area contributed by atoms with Gasteiger partial charge < -0.3 is 16.3 Å². The number of nitrogens with two attached hydrogens (primary N) is 1. The van der Waals surface area contributed by atoms with Crippen molar-refractivity contribution in [3.8, 4) is 0 Å². The summed E-state index contributed by atoms with van der Waals surface area (Å²) < 4.78 is 22.8. The third-order valence-electron chi connectivity index (χ3n) is 2.71. The second-order valence-corrected chi connectivity index (χ2v) is 6.45. The summed E-state index contributed by atoms with van der Waals surface area (Å²) in [6.45, 7) is 1.86. The van der Waals surface area contributed by atoms with Gasteiger partial charge in [0.05, 0.1) is 4.90 Å². The quantitative estimate of drug-likeness (QED) is 0.310. The van der Waals surface area contributed by atoms with Crippen molar-refractivity contribution in [1.29, 1.82) is 0 Å². The molecule has 0 saturated heterocycles. The van der Waals surface area contributed by atoms with Crippen molar-refractivity contribution in [1.82, 2.24) is 5.32 Å². The summed E-state index contributed by atoms with van der Waals surface area (Å²) in [7, 11) is -3.36. The molecule has 0 spiro atoms. The second-order valence-electron chi connectivity index (χ2n) is 4.44. The molecule has 0 aliphatic rings. The fraction of sp³-hybridized carbons (Fsp3) is 0.333. The molecule has 0 bridgehead atoms. The molecule has 7 nitrogen and oxygen atoms in total. The van der Waals surface area contributed by atoms with Gasteiger partial charge in [0, 0.05) is 24.3 Å². The molecule has 0 aliphatic carbocycles. The van der Waals surface area contributed by atoms with Gasteiger partial charge in [0.1, 0.15) is 5.84 Å². The lowest BCUT2D eigenvalue weighted by Crippen LogP contribution is -2.34. The molecule has 0 aliphatic heterocycles. The number of amides is 1. The Morgan fingerprint density at radius 1 is 1.50 bits per heavy atom. The van der Waals surface area contributed by atoms with Crippen molar-refractivity contribution < 1.29 is 18.4 Å². The molecule has 1 aromatic rings. The van der Waals surface area contributed by atoms with E-state index in [0.29, 0.717) is 0 Å². The van der Waals surface area contributed by atoms with Crippen molar-refractivity contribution in [3.05, 3.63) is 29.8 Å². The minimum atomic E-state index is -3.36. The maximum Gasteiger partial charge on any atom is 0.251 e. The van der Waals surface area contributed by atoms with E-state index in [-0.39, 0.29) is 28.8 Å². The zero-order valence-electron chi connectivity index (χ0n) is 11.2. The van der Waals surface area contributed by atoms with Crippen LogP contribution in [0, 0.1) is 5.92 Å². The van der Waals surface area contributed by atoms with Gasteiger partial charge in [-0.3, -0.25) is 4.79 Å². The third kappa shape index (κ3) is 4.23. The molecule has 4 N–H and O–H groups in total. The van der Waals surface area contributed by atoms with E-state index in [1.54, 1.807) is 6.92 Å². The van der Waals surface area contributed by atoms with E-state index in [2.05, 4.69) is 10.5 Å². The highest BCUT2D eigenvalue weighted by Gasteiger charge is 2.13. The Labute approximate surface area is 117 Å². The smallest absolute Gasteiger partial charge is 0.251 e. The molecule has 8 heteroatoms. The first-order chi connectivity index (χ1) is 9.25. The van der Waals surface area contributed by atoms with Crippen LogP contribution in [0.3, 0.4) is 0 Å². The van der Waals surface area contributed by atoms with Crippen molar-refractivity contribution in [2.75, 3.05) is 12.8 Å². The number of carbonyl (C=O) groups excluding carboxylic acids is 1. The molecule has 1 rings (SSSR count). The predicted octanol–water partition coefficient (Wildman–Crippen LogP) is 0.202. The largest absolute Gasteiger partial charge is 0.409 e. The standard InChI is InChI=1S/C12H17N3O4S/c1-8(11(13)15-17)7-14-12(16)9-4-3-5-10(6-9)20(2,18)19/h3-6,8,17H,7H2,1-2H3,(H2,13,15)(H,14,16). The van der Waals surface area contributed by atoms with E-state index in [1.165, 1.54) is 24.3 Å². The Balaban J connectivity index is 2.79. The summed E-state index contributed by atoms with van der Waals surface area (Å²) in [6.07, 6.45) is 1.07. The molecule has 0 fully saturated rings. The average Bonchev–Trinajstić information content (AvgIpc) is 2.42. The minimum absolute atomic E-state index is 0.00943. The highest BCUT2D eigenvalue weighted by Crippen LogP contribution is 2.11. The Kier molecular flexibility index (Phi) is 5.09. The maximum atomic E-state index is 11.9. The van der Waals surface area contributed by atoms with Gasteiger partial charge in [0.15, 0.2) is 9.84 Å². The van der Waals surface area contributed by atoms with Crippen molar-refractivity contribution in [2.45, 2.75) is 11.8 Å². The van der Waals surface area contributed by atoms with Crippen molar-refractivity contribution >= 4 is 21.6 Å². The van der Waals surface area contributed by atoms with E-state index < -0.39 is 15.7 Å². The molecular formula is C12H17N3O4S. The summed E-state index contributed by atoms with van der Waals surface area (Å²) in [5.41, 5.74) is 5.63. The number of nitrogens with zero attached hydrogens (tertiary/aromatic N) is 1. The summed E-state index contributed by atoms with van der Waals surface area (Å²) in [6, 6.07) is 5.74. The van der Waals surface area contributed by atoms with Crippen molar-refractivity contribution in [3.63, 3.8) is 0 Å². The van der Waals surface area contributed by atoms with Gasteiger partial charge in [-0.05, 0) is 18.2 Å². The molecule has 0 heterocycles. The SMILES string of the molecule is CC(CNC(=O)c1cccc(S(C)(=O)=O)c1)C(N)=NO. The summed E-state index contributed by atoms with van der Waals surface area (Å²) in [5, 5.41) is 13.9. The number of hydrogen-bond acceptors (Lipinski definition) is 5. The van der Waals surface area contributed by atoms with Gasteiger partial charge in [-0.15, -0.1) is 0 Å². The van der Waals surface area contributed by atoms with Gasteiger partial charge >= 0.3 is 0 Å². The molecule has 0 radical (unpaired) electrons. The first-order valence-electron chi connectivity index (χ1n) is 5.81. The van der Waals surface area contributed by atoms with Gasteiger partial charge in [-0.1, -0.05) is 18.1 Å². The minimum Gasteiger partial charge on any atom is -0.409 e. The third-order valence-corrected chi connectivity index (χ3v) is 3.82. The first-order valence-corrected chi connectivity index (χ1v) is 7.70. The van der Waals surface area contributed by atoms with Gasteiger partial charge in [-0.2, -0.15) is 0 Å². The Morgan fingerprint density at radius 2 is 2.15 bits per heavy atom. The Hall–Kier alpha value is -2.09. The molecular weight excluding hydrogens is 282 g/mol. The fourth-order valence-electron chi connectivity index (χ4n) is 1.42. The van der Waals surface area contributed by atoms with E-state index in [9.17, 15) is 13.2 Å². The zero-order chi connectivity index (χ0) is 15.3. The van der Waals surface area contributed by atoms with E-state index in [4.69, 9.17) is 10.9 Å². The summed E-state index contributed by atoms with van der Waals surface area (Å²) >= 11 is 0. The zero-order valence-corrected chi connectivity index (χ0v) is 12.0. The highest BCUT2D eigenvalue weighted by molar-refractivity contribution is 7.90. The number of rotatable bonds is 5. The molecule has 1 aromatic carbocycles. The highest BCUT2D eigenvalue weighted by atomic mass is 32.2. The summed E-state index contributed by atoms with van der Waals surface area (Å²) in [5.74, 6) is -0.745. The van der Waals surface area contributed by atoms with Gasteiger partial charge in [0.2, 0.25) is 0 Å². The number of carbonyl (C=O) groups is 1. The Bertz CT molecular complexity index is 625. The van der Waals surface area contributed by atoms with Crippen LogP contribution in [-0.2, 0) is 9.84 Å². The number of amidine groups is 1. The van der Waals surface area contributed by atoms with Crippen LogP contribution in [0.1, 0.15) is 17.3 Å². The number of oxime groups is 1. The first kappa shape index (κ1) is 16.0. The van der Waals surface area contributed by atoms with E-state index >= 15 is 0 Å². The van der Waals surface area contributed by atoms with Crippen LogP contribution in [0.5, 0.6) is 0 Å². The lowest BCUT2D eigenvalue weighted by molar-refractivity contribution is 0.0951. The van der Waals surface area contributed by atoms with Crippen LogP contribution < -0.4 is 11.1 Å². The summed E-state index contributed by atoms with van der Waals surface area (Å²) in [4.78, 5) is 12.0. The maximum absolute atomic E-state index is 11.9. The van der Waals surface area contributed by atoms with Crippen LogP contribution >= 0.6 is 0 Å². The second kappa shape index (κ2) is 6.38. The lowest BCUT2D eigenvalue weighted by Gasteiger charge is -2.11. The van der Waals surface area contributed by atoms with Crippen LogP contribution in [0.25, 0.3) is 0 Å². The van der Waals surface area contributed by atoms with Gasteiger partial charge in [0.25, 0.3) is 5.91 Å². The lowest BCUT2D eigenvalue weighted by atomic mass is 10.1. The monoisotopic (exact) mass is 299 g/mol. The fourth-order valence-corrected chi connectivity index (χ4v) is 2.09. The molecule has 20 heavy (non-hydrogen) atoms. The van der Waals surface area contributed by atoms with E-state index in [1.807, 2.05) is 0 Å². The number of hydrogen-bond donors (Lipinski definition) is 3. The van der Waals surface area contributed by atoms with E-state index in [0.717, 1.165) is 6.26 Å². The predicted molar refractivity (Wildman–Crippen MR) is 74.5 cm³/mol.